The van der Waals surface area contributed by atoms with E-state index in [4.69, 9.17) is 16.3 Å². The number of fused-ring (bicyclic) bond motifs is 3. The third kappa shape index (κ3) is 5.34. The number of carbonyl (C=O) groups is 1. The lowest BCUT2D eigenvalue weighted by Gasteiger charge is -2.47. The van der Waals surface area contributed by atoms with Crippen LogP contribution in [0, 0.1) is 11.8 Å². The predicted octanol–water partition coefficient (Wildman–Crippen LogP) is 8.20. The van der Waals surface area contributed by atoms with Crippen molar-refractivity contribution in [2.24, 2.45) is 11.8 Å². The summed E-state index contributed by atoms with van der Waals surface area (Å²) in [5.74, 6) is 1.55. The summed E-state index contributed by atoms with van der Waals surface area (Å²) in [6, 6.07) is 18.3. The molecule has 1 fully saturated rings. The van der Waals surface area contributed by atoms with E-state index in [1.165, 1.54) is 35.2 Å². The normalized spacial score (nSPS) is 27.6. The number of rotatable bonds is 8. The van der Waals surface area contributed by atoms with Crippen LogP contribution in [-0.4, -0.2) is 28.2 Å². The Morgan fingerprint density at radius 1 is 1.15 bits per heavy atom. The lowest BCUT2D eigenvalue weighted by atomic mass is 9.59. The number of benzene rings is 2. The molecule has 3 aliphatic carbocycles. The number of hydrogen-bond acceptors (Lipinski definition) is 4. The molecule has 1 saturated carbocycles. The molecule has 6 heteroatoms. The first kappa shape index (κ1) is 28.1. The molecule has 5 nitrogen and oxygen atoms in total. The van der Waals surface area contributed by atoms with Crippen LogP contribution in [0.5, 0.6) is 5.75 Å². The topological polar surface area (TPSA) is 71.5 Å². The quantitative estimate of drug-likeness (QED) is 0.285. The number of carboxylic acids is 1. The smallest absolute Gasteiger partial charge is 0.329 e. The van der Waals surface area contributed by atoms with Crippen molar-refractivity contribution in [3.8, 4) is 5.75 Å². The first-order chi connectivity index (χ1) is 19.8. The van der Waals surface area contributed by atoms with Gasteiger partial charge in [-0.3, -0.25) is 4.98 Å². The maximum Gasteiger partial charge on any atom is 0.329 e. The van der Waals surface area contributed by atoms with Gasteiger partial charge in [-0.15, -0.1) is 0 Å². The van der Waals surface area contributed by atoms with E-state index in [9.17, 15) is 9.90 Å². The highest BCUT2D eigenvalue weighted by Gasteiger charge is 2.54. The largest absolute Gasteiger partial charge is 0.493 e. The molecule has 2 aromatic carbocycles. The minimum atomic E-state index is -0.996. The Kier molecular flexibility index (Phi) is 7.76. The third-order valence-corrected chi connectivity index (χ3v) is 10.4. The average molecular weight is 573 g/mol. The molecule has 0 saturated heterocycles. The van der Waals surface area contributed by atoms with Gasteiger partial charge in [0.15, 0.2) is 0 Å². The summed E-state index contributed by atoms with van der Waals surface area (Å²) in [4.78, 5) is 17.3. The molecule has 2 N–H and O–H groups in total. The van der Waals surface area contributed by atoms with Crippen LogP contribution in [0.2, 0.25) is 5.02 Å². The average Bonchev–Trinajstić information content (AvgIpc) is 3.25. The molecule has 0 bridgehead atoms. The van der Waals surface area contributed by atoms with Gasteiger partial charge in [0, 0.05) is 28.2 Å². The second-order valence-electron chi connectivity index (χ2n) is 12.9. The number of halogens is 1. The zero-order valence-electron chi connectivity index (χ0n) is 24.2. The second kappa shape index (κ2) is 11.3. The first-order valence-corrected chi connectivity index (χ1v) is 15.6. The van der Waals surface area contributed by atoms with Gasteiger partial charge in [-0.1, -0.05) is 55.8 Å². The van der Waals surface area contributed by atoms with Crippen molar-refractivity contribution < 1.29 is 14.6 Å². The van der Waals surface area contributed by atoms with Gasteiger partial charge >= 0.3 is 5.97 Å². The molecule has 1 spiro atoms. The number of nitrogens with one attached hydrogen (secondary N) is 1. The summed E-state index contributed by atoms with van der Waals surface area (Å²) in [6.07, 6.45) is 10.3. The summed E-state index contributed by atoms with van der Waals surface area (Å²) in [6.45, 7) is 5.28. The molecule has 1 heterocycles. The monoisotopic (exact) mass is 572 g/mol. The van der Waals surface area contributed by atoms with Gasteiger partial charge in [-0.2, -0.15) is 0 Å². The van der Waals surface area contributed by atoms with Gasteiger partial charge in [0.25, 0.3) is 0 Å². The molecular formula is C35H41ClN2O3. The number of nitrogens with zero attached hydrogens (tertiary/aromatic N) is 1. The van der Waals surface area contributed by atoms with Crippen molar-refractivity contribution in [3.05, 3.63) is 88.2 Å². The molecule has 3 aromatic rings. The van der Waals surface area contributed by atoms with Crippen molar-refractivity contribution in [2.75, 3.05) is 11.9 Å². The lowest BCUT2D eigenvalue weighted by Crippen LogP contribution is -2.53. The van der Waals surface area contributed by atoms with Crippen molar-refractivity contribution in [3.63, 3.8) is 0 Å². The fourth-order valence-corrected chi connectivity index (χ4v) is 8.25. The predicted molar refractivity (Wildman–Crippen MR) is 164 cm³/mol. The number of aliphatic carboxylic acids is 1. The van der Waals surface area contributed by atoms with Crippen LogP contribution in [0.1, 0.15) is 87.1 Å². The number of aromatic nitrogens is 1. The Bertz CT molecular complexity index is 1410. The summed E-state index contributed by atoms with van der Waals surface area (Å²) in [7, 11) is 0. The Morgan fingerprint density at radius 3 is 2.73 bits per heavy atom. The summed E-state index contributed by atoms with van der Waals surface area (Å²) < 4.78 is 6.50. The van der Waals surface area contributed by atoms with E-state index in [2.05, 4.69) is 48.4 Å². The number of ether oxygens (including phenoxy) is 1. The maximum absolute atomic E-state index is 12.7. The van der Waals surface area contributed by atoms with Gasteiger partial charge in [-0.25, -0.2) is 4.79 Å². The Morgan fingerprint density at radius 2 is 1.95 bits per heavy atom. The molecule has 6 rings (SSSR count). The highest BCUT2D eigenvalue weighted by Crippen LogP contribution is 2.56. The molecule has 0 amide bonds. The SMILES string of the molecule is C[C@@H](COc1ccnc2c1[C@@H](C)CCC2)CC1Cc2ccccc2C12CCC(Nc1cccc(Cl)c1)(C(=O)O)CC2. The summed E-state index contributed by atoms with van der Waals surface area (Å²) >= 11 is 6.22. The molecular weight excluding hydrogens is 532 g/mol. The van der Waals surface area contributed by atoms with Crippen molar-refractivity contribution >= 4 is 23.3 Å². The van der Waals surface area contributed by atoms with E-state index in [0.717, 1.165) is 43.5 Å². The fraction of sp³-hybridized carbons (Fsp3) is 0.486. The summed E-state index contributed by atoms with van der Waals surface area (Å²) in [5, 5.41) is 14.4. The van der Waals surface area contributed by atoms with E-state index in [1.807, 2.05) is 36.5 Å². The molecule has 216 valence electrons. The van der Waals surface area contributed by atoms with Gasteiger partial charge in [-0.05, 0) is 116 Å². The Labute approximate surface area is 248 Å². The standard InChI is InChI=1S/C35H41ClN2O3/c1-23(22-41-31-13-18-37-30-12-5-7-24(2)32(30)31)19-26-20-25-8-3-4-11-29(25)34(26)14-16-35(17-15-34,33(39)40)38-28-10-6-9-27(36)21-28/h3-4,6,8-11,13,18,21,23-24,26,38H,5,7,12,14-17,19-20,22H2,1-2H3,(H,39,40)/t23-,24+,26?,34?,35?/m1/s1. The molecule has 41 heavy (non-hydrogen) atoms. The van der Waals surface area contributed by atoms with Gasteiger partial charge in [0.1, 0.15) is 11.3 Å². The van der Waals surface area contributed by atoms with Gasteiger partial charge in [0.2, 0.25) is 0 Å². The van der Waals surface area contributed by atoms with Gasteiger partial charge < -0.3 is 15.2 Å². The van der Waals surface area contributed by atoms with Crippen molar-refractivity contribution in [2.45, 2.75) is 88.5 Å². The second-order valence-corrected chi connectivity index (χ2v) is 13.3. The van der Waals surface area contributed by atoms with Crippen LogP contribution in [-0.2, 0) is 23.1 Å². The minimum Gasteiger partial charge on any atom is -0.493 e. The molecule has 3 aliphatic rings. The Balaban J connectivity index is 1.19. The van der Waals surface area contributed by atoms with Gasteiger partial charge in [0.05, 0.1) is 6.61 Å². The van der Waals surface area contributed by atoms with Crippen LogP contribution in [0.4, 0.5) is 5.69 Å². The van der Waals surface area contributed by atoms with E-state index < -0.39 is 11.5 Å². The molecule has 1 unspecified atom stereocenters. The first-order valence-electron chi connectivity index (χ1n) is 15.3. The lowest BCUT2D eigenvalue weighted by molar-refractivity contribution is -0.144. The number of pyridine rings is 1. The fourth-order valence-electron chi connectivity index (χ4n) is 8.06. The van der Waals surface area contributed by atoms with E-state index >= 15 is 0 Å². The van der Waals surface area contributed by atoms with Crippen molar-refractivity contribution in [1.82, 2.24) is 4.98 Å². The maximum atomic E-state index is 12.7. The van der Waals surface area contributed by atoms with E-state index in [1.54, 1.807) is 0 Å². The van der Waals surface area contributed by atoms with Crippen LogP contribution in [0.15, 0.2) is 60.8 Å². The van der Waals surface area contributed by atoms with Crippen LogP contribution < -0.4 is 10.1 Å². The number of hydrogen-bond donors (Lipinski definition) is 2. The number of anilines is 1. The number of carboxylic acid groups (broad SMARTS) is 1. The zero-order chi connectivity index (χ0) is 28.6. The van der Waals surface area contributed by atoms with Crippen molar-refractivity contribution in [1.29, 1.82) is 0 Å². The zero-order valence-corrected chi connectivity index (χ0v) is 24.9. The van der Waals surface area contributed by atoms with E-state index in [-0.39, 0.29) is 5.41 Å². The number of aryl methyl sites for hydroxylation is 1. The highest BCUT2D eigenvalue weighted by atomic mass is 35.5. The van der Waals surface area contributed by atoms with Crippen LogP contribution >= 0.6 is 11.6 Å². The van der Waals surface area contributed by atoms with E-state index in [0.29, 0.717) is 42.2 Å². The highest BCUT2D eigenvalue weighted by molar-refractivity contribution is 6.30. The molecule has 0 radical (unpaired) electrons. The van der Waals surface area contributed by atoms with Crippen LogP contribution in [0.25, 0.3) is 0 Å². The third-order valence-electron chi connectivity index (χ3n) is 10.2. The summed E-state index contributed by atoms with van der Waals surface area (Å²) in [5.41, 5.74) is 5.12. The Hall–Kier alpha value is -3.05. The molecule has 3 atom stereocenters. The molecule has 1 aromatic heterocycles. The molecule has 0 aliphatic heterocycles. The minimum absolute atomic E-state index is 0.00976. The van der Waals surface area contributed by atoms with Crippen LogP contribution in [0.3, 0.4) is 0 Å².